The van der Waals surface area contributed by atoms with E-state index in [-0.39, 0.29) is 40.2 Å². The largest absolute Gasteiger partial charge is 0.453 e. The highest BCUT2D eigenvalue weighted by atomic mass is 19.1. The van der Waals surface area contributed by atoms with Crippen molar-refractivity contribution in [3.63, 3.8) is 0 Å². The Morgan fingerprint density at radius 2 is 1.76 bits per heavy atom. The Morgan fingerprint density at radius 1 is 1.04 bits per heavy atom. The summed E-state index contributed by atoms with van der Waals surface area (Å²) >= 11 is 0. The molecule has 14 heteroatoms. The van der Waals surface area contributed by atoms with E-state index in [1.807, 2.05) is 0 Å². The molecule has 0 atom stereocenters. The molecule has 0 aliphatic carbocycles. The van der Waals surface area contributed by atoms with Crippen LogP contribution in [0.15, 0.2) is 76.6 Å². The topological polar surface area (TPSA) is 154 Å². The third kappa shape index (κ3) is 6.86. The van der Waals surface area contributed by atoms with Gasteiger partial charge in [-0.3, -0.25) is 19.0 Å². The molecule has 2 aromatic heterocycles. The number of carbonyl (C=O) groups is 2. The minimum atomic E-state index is -0.933. The molecule has 238 valence electrons. The number of ether oxygens (including phenoxy) is 1. The monoisotopic (exact) mass is 631 g/mol. The summed E-state index contributed by atoms with van der Waals surface area (Å²) in [5.74, 6) is -2.52. The Bertz CT molecular complexity index is 1930. The Balaban J connectivity index is 1.38. The number of nitrogens with one attached hydrogen (secondary N) is 2. The van der Waals surface area contributed by atoms with E-state index in [4.69, 9.17) is 10.5 Å². The van der Waals surface area contributed by atoms with E-state index in [2.05, 4.69) is 15.6 Å². The van der Waals surface area contributed by atoms with Crippen LogP contribution in [-0.2, 0) is 4.79 Å². The van der Waals surface area contributed by atoms with E-state index in [9.17, 15) is 23.6 Å². The SMILES string of the molecule is CC(C)n1cc(C(=O)Nc2ccc(Oc3ccnc(N)c3/C=C/C(=O)N3CCNCC3)c(F)c2)c(=O)n(-c2ccc(F)cc2)c1=O. The third-order valence-corrected chi connectivity index (χ3v) is 7.21. The number of benzene rings is 2. The van der Waals surface area contributed by atoms with Crippen LogP contribution in [0.5, 0.6) is 11.5 Å². The number of halogens is 2. The molecule has 4 aromatic rings. The molecule has 1 aliphatic heterocycles. The van der Waals surface area contributed by atoms with Crippen LogP contribution in [0.3, 0.4) is 0 Å². The Morgan fingerprint density at radius 3 is 2.43 bits per heavy atom. The van der Waals surface area contributed by atoms with Gasteiger partial charge in [0.15, 0.2) is 11.6 Å². The number of amides is 2. The summed E-state index contributed by atoms with van der Waals surface area (Å²) < 4.78 is 36.5. The van der Waals surface area contributed by atoms with Gasteiger partial charge in [0, 0.05) is 62.4 Å². The molecule has 2 aromatic carbocycles. The normalized spacial score (nSPS) is 13.3. The Labute approximate surface area is 261 Å². The van der Waals surface area contributed by atoms with Crippen LogP contribution in [0.4, 0.5) is 20.3 Å². The van der Waals surface area contributed by atoms with Crippen LogP contribution in [-0.4, -0.2) is 57.0 Å². The highest BCUT2D eigenvalue weighted by molar-refractivity contribution is 6.04. The predicted octanol–water partition coefficient (Wildman–Crippen LogP) is 3.33. The van der Waals surface area contributed by atoms with Gasteiger partial charge in [0.1, 0.15) is 22.9 Å². The number of anilines is 2. The molecule has 0 bridgehead atoms. The fraction of sp³-hybridized carbons (Fsp3) is 0.219. The van der Waals surface area contributed by atoms with Gasteiger partial charge in [-0.05, 0) is 62.4 Å². The molecule has 1 saturated heterocycles. The molecule has 2 amide bonds. The van der Waals surface area contributed by atoms with E-state index in [1.165, 1.54) is 53.2 Å². The summed E-state index contributed by atoms with van der Waals surface area (Å²) in [5.41, 5.74) is 4.35. The van der Waals surface area contributed by atoms with E-state index in [1.54, 1.807) is 18.7 Å². The van der Waals surface area contributed by atoms with Gasteiger partial charge in [0.2, 0.25) is 5.91 Å². The maximum absolute atomic E-state index is 15.2. The first kappa shape index (κ1) is 31.8. The highest BCUT2D eigenvalue weighted by Crippen LogP contribution is 2.32. The fourth-order valence-corrected chi connectivity index (χ4v) is 4.77. The number of aromatic nitrogens is 3. The molecule has 1 fully saturated rings. The van der Waals surface area contributed by atoms with Gasteiger partial charge >= 0.3 is 5.69 Å². The van der Waals surface area contributed by atoms with Crippen LogP contribution in [0.25, 0.3) is 11.8 Å². The number of nitrogens with zero attached hydrogens (tertiary/aromatic N) is 4. The second-order valence-electron chi connectivity index (χ2n) is 10.7. The first-order chi connectivity index (χ1) is 22.0. The molecule has 0 unspecified atom stereocenters. The minimum absolute atomic E-state index is 0.000795. The van der Waals surface area contributed by atoms with Crippen molar-refractivity contribution in [1.82, 2.24) is 24.3 Å². The third-order valence-electron chi connectivity index (χ3n) is 7.21. The molecule has 0 radical (unpaired) electrons. The zero-order chi connectivity index (χ0) is 33.0. The molecule has 3 heterocycles. The molecule has 4 N–H and O–H groups in total. The number of carbonyl (C=O) groups excluding carboxylic acids is 2. The first-order valence-corrected chi connectivity index (χ1v) is 14.4. The highest BCUT2D eigenvalue weighted by Gasteiger charge is 2.21. The summed E-state index contributed by atoms with van der Waals surface area (Å²) in [7, 11) is 0. The van der Waals surface area contributed by atoms with Crippen LogP contribution in [0.1, 0.15) is 35.8 Å². The smallest absolute Gasteiger partial charge is 0.335 e. The predicted molar refractivity (Wildman–Crippen MR) is 168 cm³/mol. The van der Waals surface area contributed by atoms with Crippen LogP contribution in [0, 0.1) is 11.6 Å². The summed E-state index contributed by atoms with van der Waals surface area (Å²) in [6.07, 6.45) is 5.33. The van der Waals surface area contributed by atoms with Gasteiger partial charge in [-0.25, -0.2) is 23.1 Å². The van der Waals surface area contributed by atoms with Crippen LogP contribution in [0.2, 0.25) is 0 Å². The van der Waals surface area contributed by atoms with Crippen molar-refractivity contribution in [3.8, 4) is 17.2 Å². The van der Waals surface area contributed by atoms with Gasteiger partial charge in [-0.15, -0.1) is 0 Å². The molecule has 0 saturated carbocycles. The summed E-state index contributed by atoms with van der Waals surface area (Å²) in [6, 6.07) is 9.35. The lowest BCUT2D eigenvalue weighted by Gasteiger charge is -2.26. The second-order valence-corrected chi connectivity index (χ2v) is 10.7. The summed E-state index contributed by atoms with van der Waals surface area (Å²) in [4.78, 5) is 57.9. The molecular weight excluding hydrogens is 600 g/mol. The van der Waals surface area contributed by atoms with Crippen molar-refractivity contribution in [3.05, 3.63) is 111 Å². The second kappa shape index (κ2) is 13.6. The number of hydrogen-bond acceptors (Lipinski definition) is 8. The number of nitrogens with two attached hydrogens (primary N) is 1. The minimum Gasteiger partial charge on any atom is -0.453 e. The van der Waals surface area contributed by atoms with Gasteiger partial charge in [-0.1, -0.05) is 0 Å². The molecular formula is C32H31F2N7O5. The van der Waals surface area contributed by atoms with Crippen LogP contribution >= 0.6 is 0 Å². The summed E-state index contributed by atoms with van der Waals surface area (Å²) in [6.45, 7) is 5.90. The standard InChI is InChI=1S/C32H31F2N7O5/c1-19(2)40-18-24(31(44)41(32(40)45)22-6-3-20(33)4-7-22)30(43)38-21-5-9-27(25(34)17-21)46-26-11-12-37-29(35)23(26)8-10-28(42)39-15-13-36-14-16-39/h3-12,17-19,36H,13-16H2,1-2H3,(H2,35,37)(H,38,43)/b10-8+. The van der Waals surface area contributed by atoms with E-state index < -0.39 is 40.4 Å². The molecule has 46 heavy (non-hydrogen) atoms. The fourth-order valence-electron chi connectivity index (χ4n) is 4.77. The van der Waals surface area contributed by atoms with E-state index >= 15 is 4.39 Å². The molecule has 0 spiro atoms. The number of pyridine rings is 1. The number of rotatable bonds is 8. The lowest BCUT2D eigenvalue weighted by molar-refractivity contribution is -0.126. The molecule has 12 nitrogen and oxygen atoms in total. The molecule has 1 aliphatic rings. The Kier molecular flexibility index (Phi) is 9.37. The molecule has 5 rings (SSSR count). The average Bonchev–Trinajstić information content (AvgIpc) is 3.03. The van der Waals surface area contributed by atoms with Crippen molar-refractivity contribution < 1.29 is 23.1 Å². The lowest BCUT2D eigenvalue weighted by Crippen LogP contribution is -2.45. The van der Waals surface area contributed by atoms with E-state index in [0.29, 0.717) is 26.2 Å². The van der Waals surface area contributed by atoms with Gasteiger partial charge in [0.05, 0.1) is 11.3 Å². The van der Waals surface area contributed by atoms with Crippen molar-refractivity contribution in [1.29, 1.82) is 0 Å². The maximum Gasteiger partial charge on any atom is 0.335 e. The number of piperazine rings is 1. The van der Waals surface area contributed by atoms with Crippen LogP contribution < -0.4 is 32.4 Å². The van der Waals surface area contributed by atoms with Crippen molar-refractivity contribution in [2.75, 3.05) is 37.2 Å². The van der Waals surface area contributed by atoms with Gasteiger partial charge < -0.3 is 26.0 Å². The zero-order valence-corrected chi connectivity index (χ0v) is 25.0. The van der Waals surface area contributed by atoms with E-state index in [0.717, 1.165) is 29.0 Å². The zero-order valence-electron chi connectivity index (χ0n) is 25.0. The lowest BCUT2D eigenvalue weighted by atomic mass is 10.2. The van der Waals surface area contributed by atoms with Gasteiger partial charge in [-0.2, -0.15) is 0 Å². The Hall–Kier alpha value is -5.63. The van der Waals surface area contributed by atoms with Gasteiger partial charge in [0.25, 0.3) is 11.5 Å². The van der Waals surface area contributed by atoms with Crippen molar-refractivity contribution >= 4 is 29.4 Å². The summed E-state index contributed by atoms with van der Waals surface area (Å²) in [5, 5.41) is 5.65. The van der Waals surface area contributed by atoms with Crippen molar-refractivity contribution in [2.24, 2.45) is 0 Å². The number of nitrogen functional groups attached to an aromatic ring is 1. The first-order valence-electron chi connectivity index (χ1n) is 14.4. The average molecular weight is 632 g/mol. The van der Waals surface area contributed by atoms with Crippen molar-refractivity contribution in [2.45, 2.75) is 19.9 Å². The quantitative estimate of drug-likeness (QED) is 0.251. The maximum atomic E-state index is 15.2. The number of hydrogen-bond donors (Lipinski definition) is 3.